The van der Waals surface area contributed by atoms with Crippen LogP contribution in [0, 0.1) is 11.7 Å². The highest BCUT2D eigenvalue weighted by Gasteiger charge is 2.31. The van der Waals surface area contributed by atoms with E-state index in [1.165, 1.54) is 12.3 Å². The van der Waals surface area contributed by atoms with E-state index < -0.39 is 17.2 Å². The van der Waals surface area contributed by atoms with E-state index in [9.17, 15) is 9.59 Å². The molecule has 1 unspecified atom stereocenters. The molecule has 30 heavy (non-hydrogen) atoms. The zero-order chi connectivity index (χ0) is 21.4. The van der Waals surface area contributed by atoms with Crippen LogP contribution < -0.4 is 15.6 Å². The minimum atomic E-state index is -0.655. The third kappa shape index (κ3) is 3.93. The Bertz CT molecular complexity index is 1030. The van der Waals surface area contributed by atoms with E-state index in [2.05, 4.69) is 12.2 Å². The highest BCUT2D eigenvalue weighted by molar-refractivity contribution is 6.38. The molecule has 2 aromatic rings. The van der Waals surface area contributed by atoms with Gasteiger partial charge in [-0.3, -0.25) is 4.79 Å². The quantitative estimate of drug-likeness (QED) is 0.673. The Kier molecular flexibility index (Phi) is 6.02. The van der Waals surface area contributed by atoms with E-state index in [0.29, 0.717) is 36.8 Å². The van der Waals surface area contributed by atoms with Crippen LogP contribution in [-0.2, 0) is 11.3 Å². The Balaban J connectivity index is 1.76. The average Bonchev–Trinajstić information content (AvgIpc) is 3.42. The number of nitrogens with one attached hydrogen (secondary N) is 1. The smallest absolute Gasteiger partial charge is 0.343 e. The number of carbonyl (C=O) groups is 1. The van der Waals surface area contributed by atoms with Crippen LogP contribution in [0.25, 0.3) is 10.9 Å². The molecule has 1 saturated carbocycles. The zero-order valence-corrected chi connectivity index (χ0v) is 18.1. The third-order valence-electron chi connectivity index (χ3n) is 5.87. The zero-order valence-electron chi connectivity index (χ0n) is 17.3. The summed E-state index contributed by atoms with van der Waals surface area (Å²) in [5.74, 6) is -0.772. The Morgan fingerprint density at radius 1 is 1.33 bits per heavy atom. The fourth-order valence-corrected chi connectivity index (χ4v) is 4.53. The number of anilines is 1. The largest absolute Gasteiger partial charge is 0.459 e. The van der Waals surface area contributed by atoms with Gasteiger partial charge in [0.25, 0.3) is 0 Å². The molecule has 1 aromatic carbocycles. The maximum atomic E-state index is 15.2. The van der Waals surface area contributed by atoms with Gasteiger partial charge in [-0.05, 0) is 51.3 Å². The molecule has 2 fully saturated rings. The predicted octanol–water partition coefficient (Wildman–Crippen LogP) is 3.57. The molecular formula is C22H27ClFN3O3. The summed E-state index contributed by atoms with van der Waals surface area (Å²) in [7, 11) is 0. The summed E-state index contributed by atoms with van der Waals surface area (Å²) in [5, 5.41) is 3.66. The van der Waals surface area contributed by atoms with Crippen molar-refractivity contribution >= 4 is 34.2 Å². The van der Waals surface area contributed by atoms with Gasteiger partial charge in [0.2, 0.25) is 5.43 Å². The maximum Gasteiger partial charge on any atom is 0.343 e. The number of pyridine rings is 1. The minimum Gasteiger partial charge on any atom is -0.459 e. The fourth-order valence-electron chi connectivity index (χ4n) is 4.11. The number of aromatic nitrogens is 1. The number of hydrogen-bond donors (Lipinski definition) is 1. The molecule has 1 atom stereocenters. The average molecular weight is 436 g/mol. The van der Waals surface area contributed by atoms with Crippen molar-refractivity contribution in [1.29, 1.82) is 0 Å². The van der Waals surface area contributed by atoms with Crippen LogP contribution in [-0.4, -0.2) is 42.8 Å². The second-order valence-electron chi connectivity index (χ2n) is 8.09. The first-order valence-corrected chi connectivity index (χ1v) is 11.0. The summed E-state index contributed by atoms with van der Waals surface area (Å²) >= 11 is 6.69. The number of hydrogen-bond acceptors (Lipinski definition) is 5. The summed E-state index contributed by atoms with van der Waals surface area (Å²) in [5.41, 5.74) is 0.169. The lowest BCUT2D eigenvalue weighted by Crippen LogP contribution is -2.27. The Morgan fingerprint density at radius 3 is 2.77 bits per heavy atom. The van der Waals surface area contributed by atoms with Crippen LogP contribution in [0.1, 0.15) is 43.5 Å². The van der Waals surface area contributed by atoms with Gasteiger partial charge in [0.05, 0.1) is 21.6 Å². The van der Waals surface area contributed by atoms with E-state index in [4.69, 9.17) is 16.3 Å². The number of carbonyl (C=O) groups excluding carboxylic acids is 1. The Hall–Kier alpha value is -2.12. The van der Waals surface area contributed by atoms with Gasteiger partial charge >= 0.3 is 5.97 Å². The molecule has 0 amide bonds. The first-order valence-electron chi connectivity index (χ1n) is 10.7. The molecule has 1 saturated heterocycles. The van der Waals surface area contributed by atoms with Gasteiger partial charge < -0.3 is 19.5 Å². The lowest BCUT2D eigenvalue weighted by molar-refractivity contribution is 0.0470. The van der Waals surface area contributed by atoms with Crippen molar-refractivity contribution < 1.29 is 13.9 Å². The third-order valence-corrected chi connectivity index (χ3v) is 6.23. The molecule has 1 aliphatic carbocycles. The van der Waals surface area contributed by atoms with Crippen LogP contribution in [0.3, 0.4) is 0 Å². The highest BCUT2D eigenvalue weighted by atomic mass is 35.5. The lowest BCUT2D eigenvalue weighted by Gasteiger charge is -2.23. The molecule has 162 valence electrons. The first kappa shape index (κ1) is 21.1. The summed E-state index contributed by atoms with van der Waals surface area (Å²) < 4.78 is 22.2. The molecule has 0 bridgehead atoms. The van der Waals surface area contributed by atoms with Crippen molar-refractivity contribution in [3.05, 3.63) is 38.9 Å². The molecule has 2 aliphatic rings. The molecule has 0 spiro atoms. The molecule has 6 nitrogen and oxygen atoms in total. The van der Waals surface area contributed by atoms with Crippen LogP contribution in [0.15, 0.2) is 17.1 Å². The van der Waals surface area contributed by atoms with Crippen molar-refractivity contribution in [2.24, 2.45) is 5.92 Å². The summed E-state index contributed by atoms with van der Waals surface area (Å²) in [6, 6.07) is 1.22. The van der Waals surface area contributed by atoms with Gasteiger partial charge in [0, 0.05) is 25.8 Å². The van der Waals surface area contributed by atoms with Gasteiger partial charge in [0.15, 0.2) is 0 Å². The molecular weight excluding hydrogens is 409 g/mol. The van der Waals surface area contributed by atoms with Crippen LogP contribution in [0.5, 0.6) is 0 Å². The lowest BCUT2D eigenvalue weighted by atomic mass is 10.1. The SMILES string of the molecule is CCNCC1CCN(c2c(F)cc3c(=O)c(C(=O)OC4CC4)cn(CC)c3c2Cl)C1. The van der Waals surface area contributed by atoms with E-state index >= 15 is 4.39 Å². The molecule has 4 rings (SSSR count). The molecule has 1 aliphatic heterocycles. The van der Waals surface area contributed by atoms with Crippen molar-refractivity contribution in [1.82, 2.24) is 9.88 Å². The predicted molar refractivity (Wildman–Crippen MR) is 116 cm³/mol. The second kappa shape index (κ2) is 8.55. The van der Waals surface area contributed by atoms with Gasteiger partial charge in [-0.25, -0.2) is 9.18 Å². The number of nitrogens with zero attached hydrogens (tertiary/aromatic N) is 2. The van der Waals surface area contributed by atoms with Crippen molar-refractivity contribution in [2.45, 2.75) is 45.8 Å². The van der Waals surface area contributed by atoms with Crippen LogP contribution in [0.4, 0.5) is 10.1 Å². The van der Waals surface area contributed by atoms with Crippen LogP contribution in [0.2, 0.25) is 5.02 Å². The molecule has 1 N–H and O–H groups in total. The van der Waals surface area contributed by atoms with E-state index in [1.807, 2.05) is 11.8 Å². The Labute approximate surface area is 179 Å². The van der Waals surface area contributed by atoms with E-state index in [1.54, 1.807) is 4.57 Å². The van der Waals surface area contributed by atoms with Gasteiger partial charge in [-0.15, -0.1) is 0 Å². The number of esters is 1. The molecule has 1 aromatic heterocycles. The molecule has 0 radical (unpaired) electrons. The van der Waals surface area contributed by atoms with Crippen molar-refractivity contribution in [2.75, 3.05) is 31.1 Å². The Morgan fingerprint density at radius 2 is 2.10 bits per heavy atom. The summed E-state index contributed by atoms with van der Waals surface area (Å²) in [4.78, 5) is 27.4. The number of rotatable bonds is 7. The standard InChI is InChI=1S/C22H27ClFN3O3/c1-3-25-10-13-7-8-27(11-13)20-17(24)9-15-19(18(20)23)26(4-2)12-16(21(15)28)22(29)30-14-5-6-14/h9,12-14,25H,3-8,10-11H2,1-2H3. The number of benzene rings is 1. The van der Waals surface area contributed by atoms with Gasteiger partial charge in [-0.2, -0.15) is 0 Å². The van der Waals surface area contributed by atoms with Crippen molar-refractivity contribution in [3.8, 4) is 0 Å². The monoisotopic (exact) mass is 435 g/mol. The molecule has 2 heterocycles. The van der Waals surface area contributed by atoms with Crippen LogP contribution >= 0.6 is 11.6 Å². The second-order valence-corrected chi connectivity index (χ2v) is 8.47. The maximum absolute atomic E-state index is 15.2. The van der Waals surface area contributed by atoms with E-state index in [-0.39, 0.29) is 22.1 Å². The number of aryl methyl sites for hydroxylation is 1. The summed E-state index contributed by atoms with van der Waals surface area (Å²) in [6.07, 6.45) is 3.95. The topological polar surface area (TPSA) is 63.6 Å². The fraction of sp³-hybridized carbons (Fsp3) is 0.545. The minimum absolute atomic E-state index is 0.0775. The number of ether oxygens (including phenoxy) is 1. The molecule has 8 heteroatoms. The first-order chi connectivity index (χ1) is 14.4. The van der Waals surface area contributed by atoms with Crippen molar-refractivity contribution in [3.63, 3.8) is 0 Å². The van der Waals surface area contributed by atoms with Gasteiger partial charge in [0.1, 0.15) is 17.5 Å². The van der Waals surface area contributed by atoms with E-state index in [0.717, 1.165) is 32.4 Å². The highest BCUT2D eigenvalue weighted by Crippen LogP contribution is 2.38. The normalized spacial score (nSPS) is 18.9. The number of fused-ring (bicyclic) bond motifs is 1. The number of halogens is 2. The summed E-state index contributed by atoms with van der Waals surface area (Å²) in [6.45, 7) is 7.63. The van der Waals surface area contributed by atoms with Gasteiger partial charge in [-0.1, -0.05) is 18.5 Å².